The SMILES string of the molecule is CCC(C(N)=O)N(C)S(C)(=O)=O. The highest BCUT2D eigenvalue weighted by molar-refractivity contribution is 7.88. The van der Waals surface area contributed by atoms with E-state index in [1.54, 1.807) is 6.92 Å². The average Bonchev–Trinajstić information content (AvgIpc) is 1.86. The molecule has 1 amide bonds. The first-order chi connectivity index (χ1) is 5.30. The summed E-state index contributed by atoms with van der Waals surface area (Å²) in [6.45, 7) is 1.71. The van der Waals surface area contributed by atoms with Gasteiger partial charge in [-0.25, -0.2) is 8.42 Å². The van der Waals surface area contributed by atoms with Crippen LogP contribution in [0.2, 0.25) is 0 Å². The van der Waals surface area contributed by atoms with E-state index in [4.69, 9.17) is 5.73 Å². The third kappa shape index (κ3) is 2.78. The van der Waals surface area contributed by atoms with Crippen LogP contribution in [-0.2, 0) is 14.8 Å². The van der Waals surface area contributed by atoms with E-state index in [0.717, 1.165) is 10.6 Å². The predicted molar refractivity (Wildman–Crippen MR) is 45.9 cm³/mol. The lowest BCUT2D eigenvalue weighted by molar-refractivity contribution is -0.121. The summed E-state index contributed by atoms with van der Waals surface area (Å²) in [5.41, 5.74) is 5.00. The molecule has 1 unspecified atom stereocenters. The van der Waals surface area contributed by atoms with Crippen LogP contribution in [-0.4, -0.2) is 38.0 Å². The van der Waals surface area contributed by atoms with Crippen molar-refractivity contribution in [3.8, 4) is 0 Å². The highest BCUT2D eigenvalue weighted by Crippen LogP contribution is 2.04. The van der Waals surface area contributed by atoms with Gasteiger partial charge >= 0.3 is 0 Å². The molecule has 0 aromatic carbocycles. The van der Waals surface area contributed by atoms with Crippen LogP contribution in [0, 0.1) is 0 Å². The van der Waals surface area contributed by atoms with E-state index in [0.29, 0.717) is 6.42 Å². The monoisotopic (exact) mass is 194 g/mol. The molecular weight excluding hydrogens is 180 g/mol. The third-order valence-electron chi connectivity index (χ3n) is 1.68. The molecule has 0 fully saturated rings. The van der Waals surface area contributed by atoms with Crippen molar-refractivity contribution in [1.29, 1.82) is 0 Å². The largest absolute Gasteiger partial charge is 0.368 e. The number of nitrogens with two attached hydrogens (primary N) is 1. The van der Waals surface area contributed by atoms with E-state index in [2.05, 4.69) is 0 Å². The van der Waals surface area contributed by atoms with Crippen molar-refractivity contribution in [1.82, 2.24) is 4.31 Å². The number of rotatable bonds is 4. The summed E-state index contributed by atoms with van der Waals surface area (Å²) in [4.78, 5) is 10.7. The molecular formula is C6H14N2O3S. The molecule has 0 aliphatic heterocycles. The first-order valence-corrected chi connectivity index (χ1v) is 5.37. The number of hydrogen-bond donors (Lipinski definition) is 1. The van der Waals surface area contributed by atoms with Crippen molar-refractivity contribution in [2.75, 3.05) is 13.3 Å². The van der Waals surface area contributed by atoms with Gasteiger partial charge in [0.15, 0.2) is 0 Å². The molecule has 0 radical (unpaired) electrons. The Balaban J connectivity index is 4.66. The van der Waals surface area contributed by atoms with E-state index < -0.39 is 22.0 Å². The summed E-state index contributed by atoms with van der Waals surface area (Å²) < 4.78 is 22.9. The van der Waals surface area contributed by atoms with Crippen LogP contribution in [0.3, 0.4) is 0 Å². The maximum atomic E-state index is 11.0. The predicted octanol–water partition coefficient (Wildman–Crippen LogP) is -0.858. The third-order valence-corrected chi connectivity index (χ3v) is 2.98. The second-order valence-electron chi connectivity index (χ2n) is 2.61. The normalized spacial score (nSPS) is 14.7. The second-order valence-corrected chi connectivity index (χ2v) is 4.65. The van der Waals surface area contributed by atoms with Gasteiger partial charge in [0.1, 0.15) is 6.04 Å². The number of amides is 1. The van der Waals surface area contributed by atoms with Crippen LogP contribution in [0.1, 0.15) is 13.3 Å². The number of nitrogens with zero attached hydrogens (tertiary/aromatic N) is 1. The number of carbonyl (C=O) groups excluding carboxylic acids is 1. The molecule has 0 bridgehead atoms. The molecule has 0 aromatic rings. The van der Waals surface area contributed by atoms with Crippen molar-refractivity contribution in [2.45, 2.75) is 19.4 Å². The van der Waals surface area contributed by atoms with Crippen LogP contribution in [0.25, 0.3) is 0 Å². The molecule has 0 saturated carbocycles. The van der Waals surface area contributed by atoms with Crippen molar-refractivity contribution in [2.24, 2.45) is 5.73 Å². The maximum absolute atomic E-state index is 11.0. The molecule has 0 heterocycles. The molecule has 6 heteroatoms. The molecule has 0 rings (SSSR count). The number of sulfonamides is 1. The second kappa shape index (κ2) is 3.86. The van der Waals surface area contributed by atoms with Crippen molar-refractivity contribution in [3.63, 3.8) is 0 Å². The number of likely N-dealkylation sites (N-methyl/N-ethyl adjacent to an activating group) is 1. The van der Waals surface area contributed by atoms with Gasteiger partial charge in [-0.3, -0.25) is 4.79 Å². The van der Waals surface area contributed by atoms with Crippen molar-refractivity contribution >= 4 is 15.9 Å². The number of hydrogen-bond acceptors (Lipinski definition) is 3. The van der Waals surface area contributed by atoms with Gasteiger partial charge in [0.25, 0.3) is 0 Å². The van der Waals surface area contributed by atoms with Gasteiger partial charge in [-0.05, 0) is 6.42 Å². The van der Waals surface area contributed by atoms with E-state index in [9.17, 15) is 13.2 Å². The topological polar surface area (TPSA) is 80.5 Å². The molecule has 72 valence electrons. The Morgan fingerprint density at radius 3 is 2.08 bits per heavy atom. The van der Waals surface area contributed by atoms with E-state index >= 15 is 0 Å². The van der Waals surface area contributed by atoms with Crippen molar-refractivity contribution in [3.05, 3.63) is 0 Å². The average molecular weight is 194 g/mol. The summed E-state index contributed by atoms with van der Waals surface area (Å²) in [7, 11) is -1.99. The quantitative estimate of drug-likeness (QED) is 0.632. The van der Waals surface area contributed by atoms with Gasteiger partial charge in [-0.15, -0.1) is 0 Å². The minimum atomic E-state index is -3.33. The fraction of sp³-hybridized carbons (Fsp3) is 0.833. The number of carbonyl (C=O) groups is 1. The summed E-state index contributed by atoms with van der Waals surface area (Å²) in [6.07, 6.45) is 1.43. The van der Waals surface area contributed by atoms with Crippen LogP contribution < -0.4 is 5.73 Å². The zero-order valence-corrected chi connectivity index (χ0v) is 8.26. The van der Waals surface area contributed by atoms with Gasteiger partial charge in [0, 0.05) is 7.05 Å². The van der Waals surface area contributed by atoms with Gasteiger partial charge in [-0.1, -0.05) is 6.92 Å². The smallest absolute Gasteiger partial charge is 0.235 e. The summed E-state index contributed by atoms with van der Waals surface area (Å²) in [5.74, 6) is -0.620. The minimum Gasteiger partial charge on any atom is -0.368 e. The molecule has 0 aromatic heterocycles. The first kappa shape index (κ1) is 11.4. The zero-order valence-electron chi connectivity index (χ0n) is 7.44. The minimum absolute atomic E-state index is 0.388. The van der Waals surface area contributed by atoms with E-state index in [1.807, 2.05) is 0 Å². The fourth-order valence-electron chi connectivity index (χ4n) is 0.869. The maximum Gasteiger partial charge on any atom is 0.235 e. The van der Waals surface area contributed by atoms with Crippen LogP contribution in [0.4, 0.5) is 0 Å². The number of primary amides is 1. The van der Waals surface area contributed by atoms with Crippen LogP contribution in [0.15, 0.2) is 0 Å². The first-order valence-electron chi connectivity index (χ1n) is 3.53. The highest BCUT2D eigenvalue weighted by Gasteiger charge is 2.25. The lowest BCUT2D eigenvalue weighted by Gasteiger charge is -2.21. The molecule has 2 N–H and O–H groups in total. The van der Waals surface area contributed by atoms with E-state index in [-0.39, 0.29) is 0 Å². The standard InChI is InChI=1S/C6H14N2O3S/c1-4-5(6(7)9)8(2)12(3,10)11/h5H,4H2,1-3H3,(H2,7,9). The Labute approximate surface area is 72.6 Å². The summed E-state index contributed by atoms with van der Waals surface area (Å²) in [5, 5.41) is 0. The Bertz CT molecular complexity index is 260. The van der Waals surface area contributed by atoms with Crippen LogP contribution in [0.5, 0.6) is 0 Å². The van der Waals surface area contributed by atoms with Gasteiger partial charge < -0.3 is 5.73 Å². The van der Waals surface area contributed by atoms with Gasteiger partial charge in [0.05, 0.1) is 6.26 Å². The molecule has 1 atom stereocenters. The lowest BCUT2D eigenvalue weighted by atomic mass is 10.2. The molecule has 5 nitrogen and oxygen atoms in total. The van der Waals surface area contributed by atoms with Gasteiger partial charge in [0.2, 0.25) is 15.9 Å². The molecule has 0 spiro atoms. The van der Waals surface area contributed by atoms with E-state index in [1.165, 1.54) is 7.05 Å². The van der Waals surface area contributed by atoms with Crippen molar-refractivity contribution < 1.29 is 13.2 Å². The Kier molecular flexibility index (Phi) is 3.66. The Hall–Kier alpha value is -0.620. The van der Waals surface area contributed by atoms with Gasteiger partial charge in [-0.2, -0.15) is 4.31 Å². The van der Waals surface area contributed by atoms with Crippen LogP contribution >= 0.6 is 0 Å². The summed E-state index contributed by atoms with van der Waals surface area (Å²) >= 11 is 0. The fourth-order valence-corrected chi connectivity index (χ4v) is 1.58. The molecule has 0 aliphatic rings. The lowest BCUT2D eigenvalue weighted by Crippen LogP contribution is -2.44. The highest BCUT2D eigenvalue weighted by atomic mass is 32.2. The molecule has 0 aliphatic carbocycles. The summed E-state index contributed by atoms with van der Waals surface area (Å²) in [6, 6.07) is -0.736. The molecule has 12 heavy (non-hydrogen) atoms. The zero-order chi connectivity index (χ0) is 9.94. The Morgan fingerprint density at radius 2 is 2.00 bits per heavy atom. The molecule has 0 saturated heterocycles. The Morgan fingerprint density at radius 1 is 1.58 bits per heavy atom.